The molecule has 2 aromatic heterocycles. The Balaban J connectivity index is 1.51. The Hall–Kier alpha value is -2.97. The van der Waals surface area contributed by atoms with Gasteiger partial charge in [0, 0.05) is 66.9 Å². The second-order valence-electron chi connectivity index (χ2n) is 11.2. The van der Waals surface area contributed by atoms with Gasteiger partial charge in [0.2, 0.25) is 5.91 Å². The number of carbonyl (C=O) groups excluding carboxylic acids is 1. The molecule has 1 aromatic carbocycles. The Kier molecular flexibility index (Phi) is 8.73. The van der Waals surface area contributed by atoms with Crippen molar-refractivity contribution in [1.29, 1.82) is 0 Å². The standard InChI is InChI=1S/C29H40ClN5O3/c1-29(2,3)28(36)31-20-8-12-34(13-9-20)21-10-14-35-19-24(32-27(35)16-21)22-17-23(30)26(37-6)18-25(22)38-15-7-11-33(4)5/h10,14,16-20H,7-9,11-13,15H2,1-6H3,(H,31,36). The summed E-state index contributed by atoms with van der Waals surface area (Å²) < 4.78 is 13.6. The molecule has 0 aliphatic carbocycles. The lowest BCUT2D eigenvalue weighted by Gasteiger charge is -2.35. The molecule has 1 amide bonds. The molecule has 0 atom stereocenters. The van der Waals surface area contributed by atoms with Crippen molar-refractivity contribution in [1.82, 2.24) is 19.6 Å². The lowest BCUT2D eigenvalue weighted by atomic mass is 9.94. The van der Waals surface area contributed by atoms with Crippen LogP contribution in [0.1, 0.15) is 40.0 Å². The number of hydrogen-bond donors (Lipinski definition) is 1. The molecule has 1 N–H and O–H groups in total. The highest BCUT2D eigenvalue weighted by Gasteiger charge is 2.27. The number of fused-ring (bicyclic) bond motifs is 1. The van der Waals surface area contributed by atoms with E-state index in [1.807, 2.05) is 49.7 Å². The molecule has 0 bridgehead atoms. The highest BCUT2D eigenvalue weighted by Crippen LogP contribution is 2.38. The van der Waals surface area contributed by atoms with Gasteiger partial charge in [0.05, 0.1) is 24.4 Å². The predicted octanol–water partition coefficient (Wildman–Crippen LogP) is 5.12. The molecule has 38 heavy (non-hydrogen) atoms. The van der Waals surface area contributed by atoms with Crippen LogP contribution in [0.5, 0.6) is 11.5 Å². The maximum atomic E-state index is 12.4. The van der Waals surface area contributed by atoms with E-state index in [0.717, 1.165) is 61.5 Å². The topological polar surface area (TPSA) is 71.3 Å². The van der Waals surface area contributed by atoms with Crippen LogP contribution >= 0.6 is 11.6 Å². The minimum absolute atomic E-state index is 0.113. The average molecular weight is 542 g/mol. The van der Waals surface area contributed by atoms with E-state index in [4.69, 9.17) is 26.1 Å². The molecule has 3 heterocycles. The smallest absolute Gasteiger partial charge is 0.225 e. The molecule has 3 aromatic rings. The molecule has 9 heteroatoms. The second-order valence-corrected chi connectivity index (χ2v) is 11.7. The van der Waals surface area contributed by atoms with Gasteiger partial charge in [0.25, 0.3) is 0 Å². The molecular weight excluding hydrogens is 502 g/mol. The van der Waals surface area contributed by atoms with Gasteiger partial charge in [-0.05, 0) is 45.5 Å². The lowest BCUT2D eigenvalue weighted by Crippen LogP contribution is -2.47. The van der Waals surface area contributed by atoms with Crippen molar-refractivity contribution >= 4 is 28.8 Å². The van der Waals surface area contributed by atoms with Crippen LogP contribution in [-0.4, -0.2) is 73.7 Å². The van der Waals surface area contributed by atoms with Crippen molar-refractivity contribution in [3.05, 3.63) is 41.7 Å². The van der Waals surface area contributed by atoms with Gasteiger partial charge in [0.1, 0.15) is 17.1 Å². The number of ether oxygens (including phenoxy) is 2. The number of halogens is 1. The molecule has 206 valence electrons. The first kappa shape index (κ1) is 28.0. The third-order valence-corrected chi connectivity index (χ3v) is 7.15. The summed E-state index contributed by atoms with van der Waals surface area (Å²) in [4.78, 5) is 21.8. The summed E-state index contributed by atoms with van der Waals surface area (Å²) in [5.41, 5.74) is 3.24. The Bertz CT molecular complexity index is 1260. The number of methoxy groups -OCH3 is 1. The van der Waals surface area contributed by atoms with Crippen molar-refractivity contribution in [2.24, 2.45) is 5.41 Å². The summed E-state index contributed by atoms with van der Waals surface area (Å²) in [7, 11) is 5.70. The number of amides is 1. The SMILES string of the molecule is COc1cc(OCCCN(C)C)c(-c2cn3ccc(N4CCC(NC(=O)C(C)(C)C)CC4)cc3n2)cc1Cl. The number of benzene rings is 1. The molecule has 0 spiro atoms. The fourth-order valence-corrected chi connectivity index (χ4v) is 4.80. The van der Waals surface area contributed by atoms with Gasteiger partial charge in [-0.15, -0.1) is 0 Å². The second kappa shape index (κ2) is 11.8. The zero-order chi connectivity index (χ0) is 27.4. The number of hydrogen-bond acceptors (Lipinski definition) is 6. The highest BCUT2D eigenvalue weighted by molar-refractivity contribution is 6.32. The fourth-order valence-electron chi connectivity index (χ4n) is 4.56. The first-order chi connectivity index (χ1) is 18.0. The van der Waals surface area contributed by atoms with Crippen LogP contribution in [0.15, 0.2) is 36.7 Å². The van der Waals surface area contributed by atoms with Gasteiger partial charge in [-0.3, -0.25) is 4.79 Å². The summed E-state index contributed by atoms with van der Waals surface area (Å²) in [5, 5.41) is 3.72. The number of piperidine rings is 1. The number of carbonyl (C=O) groups is 1. The van der Waals surface area contributed by atoms with Gasteiger partial charge < -0.3 is 29.0 Å². The normalized spacial score (nSPS) is 14.8. The van der Waals surface area contributed by atoms with Gasteiger partial charge in [0.15, 0.2) is 0 Å². The van der Waals surface area contributed by atoms with E-state index in [2.05, 4.69) is 41.3 Å². The van der Waals surface area contributed by atoms with Gasteiger partial charge in [-0.2, -0.15) is 0 Å². The van der Waals surface area contributed by atoms with E-state index >= 15 is 0 Å². The van der Waals surface area contributed by atoms with E-state index in [1.54, 1.807) is 7.11 Å². The van der Waals surface area contributed by atoms with Crippen LogP contribution in [0.2, 0.25) is 5.02 Å². The fraction of sp³-hybridized carbons (Fsp3) is 0.517. The Labute approximate surface area is 230 Å². The monoisotopic (exact) mass is 541 g/mol. The van der Waals surface area contributed by atoms with Crippen LogP contribution in [0, 0.1) is 5.41 Å². The van der Waals surface area contributed by atoms with Crippen molar-refractivity contribution in [2.45, 2.75) is 46.1 Å². The summed E-state index contributed by atoms with van der Waals surface area (Å²) in [6.45, 7) is 9.15. The maximum Gasteiger partial charge on any atom is 0.225 e. The molecule has 4 rings (SSSR count). The molecular formula is C29H40ClN5O3. The number of aromatic nitrogens is 2. The Morgan fingerprint density at radius 3 is 2.58 bits per heavy atom. The van der Waals surface area contributed by atoms with Crippen LogP contribution in [0.25, 0.3) is 16.9 Å². The van der Waals surface area contributed by atoms with E-state index < -0.39 is 0 Å². The Morgan fingerprint density at radius 2 is 1.92 bits per heavy atom. The molecule has 1 aliphatic heterocycles. The summed E-state index contributed by atoms with van der Waals surface area (Å²) >= 11 is 6.49. The molecule has 8 nitrogen and oxygen atoms in total. The van der Waals surface area contributed by atoms with Gasteiger partial charge in [-0.25, -0.2) is 4.98 Å². The van der Waals surface area contributed by atoms with Gasteiger partial charge in [-0.1, -0.05) is 32.4 Å². The van der Waals surface area contributed by atoms with E-state index in [-0.39, 0.29) is 17.4 Å². The minimum atomic E-state index is -0.369. The first-order valence-corrected chi connectivity index (χ1v) is 13.6. The largest absolute Gasteiger partial charge is 0.495 e. The number of pyridine rings is 1. The molecule has 1 saturated heterocycles. The maximum absolute atomic E-state index is 12.4. The number of rotatable bonds is 9. The average Bonchev–Trinajstić information content (AvgIpc) is 3.30. The number of nitrogens with one attached hydrogen (secondary N) is 1. The van der Waals surface area contributed by atoms with E-state index in [0.29, 0.717) is 23.1 Å². The van der Waals surface area contributed by atoms with E-state index in [1.165, 1.54) is 0 Å². The first-order valence-electron chi connectivity index (χ1n) is 13.3. The number of imidazole rings is 1. The van der Waals surface area contributed by atoms with Crippen molar-refractivity contribution in [3.8, 4) is 22.8 Å². The summed E-state index contributed by atoms with van der Waals surface area (Å²) in [6, 6.07) is 8.15. The molecule has 0 radical (unpaired) electrons. The van der Waals surface area contributed by atoms with Crippen LogP contribution in [-0.2, 0) is 4.79 Å². The zero-order valence-corrected chi connectivity index (χ0v) is 24.1. The summed E-state index contributed by atoms with van der Waals surface area (Å²) in [6.07, 6.45) is 6.79. The van der Waals surface area contributed by atoms with Crippen molar-refractivity contribution in [3.63, 3.8) is 0 Å². The molecule has 0 saturated carbocycles. The number of anilines is 1. The highest BCUT2D eigenvalue weighted by atomic mass is 35.5. The third-order valence-electron chi connectivity index (χ3n) is 6.86. The number of nitrogens with zero attached hydrogens (tertiary/aromatic N) is 4. The predicted molar refractivity (Wildman–Crippen MR) is 154 cm³/mol. The zero-order valence-electron chi connectivity index (χ0n) is 23.4. The quantitative estimate of drug-likeness (QED) is 0.379. The Morgan fingerprint density at radius 1 is 1.18 bits per heavy atom. The molecule has 1 fully saturated rings. The van der Waals surface area contributed by atoms with Crippen LogP contribution in [0.3, 0.4) is 0 Å². The third kappa shape index (κ3) is 6.72. The van der Waals surface area contributed by atoms with Crippen molar-refractivity contribution < 1.29 is 14.3 Å². The van der Waals surface area contributed by atoms with E-state index in [9.17, 15) is 4.79 Å². The van der Waals surface area contributed by atoms with Crippen LogP contribution in [0.4, 0.5) is 5.69 Å². The summed E-state index contributed by atoms with van der Waals surface area (Å²) in [5.74, 6) is 1.39. The van der Waals surface area contributed by atoms with Crippen LogP contribution < -0.4 is 19.7 Å². The van der Waals surface area contributed by atoms with Crippen molar-refractivity contribution in [2.75, 3.05) is 52.3 Å². The molecule has 0 unspecified atom stereocenters. The minimum Gasteiger partial charge on any atom is -0.495 e. The lowest BCUT2D eigenvalue weighted by molar-refractivity contribution is -0.129. The van der Waals surface area contributed by atoms with Gasteiger partial charge >= 0.3 is 0 Å². The molecule has 1 aliphatic rings.